The maximum absolute atomic E-state index is 5.46. The quantitative estimate of drug-likeness (QED) is 0.118. The molecule has 129 heavy (non-hydrogen) atoms. The summed E-state index contributed by atoms with van der Waals surface area (Å²) in [6.45, 7) is 0. The van der Waals surface area contributed by atoms with Crippen LogP contribution >= 0.6 is 34.0 Å². The van der Waals surface area contributed by atoms with Crippen molar-refractivity contribution in [3.8, 4) is 124 Å². The van der Waals surface area contributed by atoms with E-state index in [9.17, 15) is 0 Å². The third kappa shape index (κ3) is 14.0. The Hall–Kier alpha value is -16.3. The predicted octanol–water partition coefficient (Wildman–Crippen LogP) is 32.6. The normalized spacial score (nSPS) is 11.6. The zero-order valence-corrected chi connectivity index (χ0v) is 71.8. The van der Waals surface area contributed by atoms with E-state index < -0.39 is 0 Å². The monoisotopic (exact) mass is 1700 g/mol. The predicted molar refractivity (Wildman–Crippen MR) is 545 cm³/mol. The Morgan fingerprint density at radius 1 is 0.140 bits per heavy atom. The first-order valence-corrected chi connectivity index (χ1v) is 45.6. The molecule has 9 aromatic heterocycles. The van der Waals surface area contributed by atoms with Crippen LogP contribution in [0, 0.1) is 0 Å². The Labute approximate surface area is 754 Å². The van der Waals surface area contributed by atoms with Gasteiger partial charge < -0.3 is 0 Å². The van der Waals surface area contributed by atoms with Gasteiger partial charge in [0, 0.05) is 140 Å². The van der Waals surface area contributed by atoms with Crippen LogP contribution in [0.1, 0.15) is 0 Å². The molecule has 0 bridgehead atoms. The second-order valence-corrected chi connectivity index (χ2v) is 35.4. The maximum atomic E-state index is 5.46. The number of fused-ring (bicyclic) bond motifs is 21. The van der Waals surface area contributed by atoms with Crippen molar-refractivity contribution in [3.05, 3.63) is 437 Å². The number of thiophene rings is 3. The summed E-state index contributed by atoms with van der Waals surface area (Å²) in [5.74, 6) is 1.39. The van der Waals surface area contributed by atoms with Crippen molar-refractivity contribution >= 4 is 160 Å². The molecule has 17 aromatic carbocycles. The molecule has 0 radical (unpaired) electrons. The van der Waals surface area contributed by atoms with Crippen LogP contribution in [-0.4, -0.2) is 39.9 Å². The minimum atomic E-state index is 0.689. The van der Waals surface area contributed by atoms with Gasteiger partial charge in [-0.15, -0.1) is 34.0 Å². The van der Waals surface area contributed by atoms with E-state index in [0.29, 0.717) is 11.6 Å². The first-order valence-electron chi connectivity index (χ1n) is 43.2. The molecular formula is C118H72N8S3. The summed E-state index contributed by atoms with van der Waals surface area (Å²) >= 11 is 5.47. The van der Waals surface area contributed by atoms with Crippen molar-refractivity contribution in [2.24, 2.45) is 0 Å². The van der Waals surface area contributed by atoms with Crippen LogP contribution in [0.15, 0.2) is 437 Å². The summed E-state index contributed by atoms with van der Waals surface area (Å²) in [5.41, 5.74) is 23.0. The molecule has 0 saturated carbocycles. The molecule has 0 atom stereocenters. The fourth-order valence-electron chi connectivity index (χ4n) is 18.2. The minimum absolute atomic E-state index is 0.689. The second kappa shape index (κ2) is 32.7. The number of pyridine rings is 4. The van der Waals surface area contributed by atoms with E-state index in [-0.39, 0.29) is 0 Å². The van der Waals surface area contributed by atoms with Gasteiger partial charge in [0.15, 0.2) is 11.6 Å². The zero-order valence-electron chi connectivity index (χ0n) is 69.4. The van der Waals surface area contributed by atoms with E-state index in [1.165, 1.54) is 92.8 Å². The second-order valence-electron chi connectivity index (χ2n) is 32.2. The number of hydrogen-bond donors (Lipinski definition) is 0. The van der Waals surface area contributed by atoms with E-state index in [2.05, 4.69) is 352 Å². The summed E-state index contributed by atoms with van der Waals surface area (Å²) < 4.78 is 7.54. The van der Waals surface area contributed by atoms with Crippen molar-refractivity contribution in [2.45, 2.75) is 0 Å². The average molecular weight is 1700 g/mol. The summed E-state index contributed by atoms with van der Waals surface area (Å²) in [6.07, 6.45) is 0. The lowest BCUT2D eigenvalue weighted by molar-refractivity contribution is 1.18. The van der Waals surface area contributed by atoms with Gasteiger partial charge in [-0.1, -0.05) is 388 Å². The number of hydrogen-bond acceptors (Lipinski definition) is 11. The highest BCUT2D eigenvalue weighted by Gasteiger charge is 2.24. The van der Waals surface area contributed by atoms with Gasteiger partial charge in [0.2, 0.25) is 0 Å². The molecule has 0 aliphatic heterocycles. The number of nitrogens with zero attached hydrogens (tertiary/aromatic N) is 8. The standard InChI is InChI=1S/2C41H25N3S.C36H22N2S/c1-3-12-26(13-4-1)35-25-36(27-14-5-2-6-15-27)43-41(42-35)29-17-11-16-28(24-29)38-32-20-8-7-18-30(32)33-22-23-34-31-19-9-10-21-37(31)45-40(34)39(33)44-38;1-3-11-26(12-4-1)35-25-36(27-13-5-2-6-14-27)43-41(42-35)29-21-19-28(20-22-29)38-32-17-8-7-15-30(32)33-23-24-34-31-16-9-10-18-37(31)45-40(34)39(33)44-38;1-3-11-23(12-4-1)31-22-21-30(33(37-31)24-13-5-2-6-14-24)34-27-17-8-7-15-25(27)28-19-20-29-26-16-9-10-18-32(26)39-36(29)35(28)38-34/h2*1-25H;1-22H. The third-order valence-electron chi connectivity index (χ3n) is 24.5. The molecule has 0 spiro atoms. The van der Waals surface area contributed by atoms with Gasteiger partial charge in [-0.2, -0.15) is 0 Å². The maximum Gasteiger partial charge on any atom is 0.160 e. The van der Waals surface area contributed by atoms with E-state index in [4.69, 9.17) is 39.9 Å². The molecular weight excluding hydrogens is 1630 g/mol. The number of aromatic nitrogens is 8. The third-order valence-corrected chi connectivity index (χ3v) is 28.0. The van der Waals surface area contributed by atoms with Gasteiger partial charge in [0.05, 0.1) is 81.9 Å². The van der Waals surface area contributed by atoms with E-state index in [0.717, 1.165) is 145 Å². The fourth-order valence-corrected chi connectivity index (χ4v) is 21.8. The van der Waals surface area contributed by atoms with E-state index in [1.807, 2.05) is 119 Å². The number of rotatable bonds is 11. The first-order chi connectivity index (χ1) is 63.9. The van der Waals surface area contributed by atoms with Crippen molar-refractivity contribution in [3.63, 3.8) is 0 Å². The van der Waals surface area contributed by atoms with Gasteiger partial charge in [-0.3, -0.25) is 0 Å². The highest BCUT2D eigenvalue weighted by molar-refractivity contribution is 7.27. The van der Waals surface area contributed by atoms with Crippen LogP contribution in [0.4, 0.5) is 0 Å². The lowest BCUT2D eigenvalue weighted by Gasteiger charge is -2.15. The van der Waals surface area contributed by atoms with E-state index in [1.54, 1.807) is 0 Å². The minimum Gasteiger partial charge on any atom is -0.247 e. The van der Waals surface area contributed by atoms with Crippen molar-refractivity contribution < 1.29 is 0 Å². The Bertz CT molecular complexity index is 8740. The van der Waals surface area contributed by atoms with Crippen LogP contribution in [0.5, 0.6) is 0 Å². The molecule has 9 heterocycles. The highest BCUT2D eigenvalue weighted by atomic mass is 32.1. The number of benzene rings is 17. The van der Waals surface area contributed by atoms with Gasteiger partial charge >= 0.3 is 0 Å². The van der Waals surface area contributed by atoms with Crippen LogP contribution in [0.2, 0.25) is 0 Å². The van der Waals surface area contributed by atoms with Gasteiger partial charge in [-0.05, 0) is 64.7 Å². The Kier molecular flexibility index (Phi) is 19.3. The molecule has 0 aliphatic carbocycles. The lowest BCUT2D eigenvalue weighted by atomic mass is 9.95. The Morgan fingerprint density at radius 3 is 0.814 bits per heavy atom. The van der Waals surface area contributed by atoms with Crippen LogP contribution < -0.4 is 0 Å². The molecule has 0 aliphatic rings. The van der Waals surface area contributed by atoms with Crippen LogP contribution in [0.3, 0.4) is 0 Å². The summed E-state index contributed by atoms with van der Waals surface area (Å²) in [7, 11) is 0. The Balaban J connectivity index is 0.000000108. The topological polar surface area (TPSA) is 103 Å². The average Bonchev–Trinajstić information content (AvgIpc) is 1.48. The van der Waals surface area contributed by atoms with Gasteiger partial charge in [0.1, 0.15) is 0 Å². The summed E-state index contributed by atoms with van der Waals surface area (Å²) in [5, 5.41) is 18.2. The molecule has 0 unspecified atom stereocenters. The van der Waals surface area contributed by atoms with Crippen LogP contribution in [0.25, 0.3) is 250 Å². The fraction of sp³-hybridized carbons (Fsp3) is 0. The Morgan fingerprint density at radius 2 is 0.419 bits per heavy atom. The van der Waals surface area contributed by atoms with Crippen molar-refractivity contribution in [2.75, 3.05) is 0 Å². The molecule has 0 amide bonds. The van der Waals surface area contributed by atoms with Gasteiger partial charge in [-0.25, -0.2) is 39.9 Å². The molecule has 0 N–H and O–H groups in total. The lowest BCUT2D eigenvalue weighted by Crippen LogP contribution is -1.96. The smallest absolute Gasteiger partial charge is 0.160 e. The first kappa shape index (κ1) is 76.4. The van der Waals surface area contributed by atoms with E-state index >= 15 is 0 Å². The molecule has 0 fully saturated rings. The molecule has 602 valence electrons. The SMILES string of the molecule is c1ccc(-c2cc(-c3ccccc3)nc(-c3ccc(-c4nc5c(ccc6c7ccccc7sc65)c5ccccc45)cc3)n2)cc1.c1ccc(-c2cc(-c3ccccc3)nc(-c3cccc(-c4nc5c(ccc6c7ccccc7sc65)c5ccccc45)c3)n2)cc1.c1ccc(-c2ccc(-c3nc4c(ccc5c6ccccc6sc54)c4ccccc34)c(-c3ccccc3)n2)cc1. The molecule has 8 nitrogen and oxygen atoms in total. The zero-order chi connectivity index (χ0) is 85.2. The summed E-state index contributed by atoms with van der Waals surface area (Å²) in [4.78, 5) is 41.7. The molecule has 26 rings (SSSR count). The molecule has 0 saturated heterocycles. The van der Waals surface area contributed by atoms with Gasteiger partial charge in [0.25, 0.3) is 0 Å². The highest BCUT2D eigenvalue weighted by Crippen LogP contribution is 2.48. The van der Waals surface area contributed by atoms with Crippen LogP contribution in [-0.2, 0) is 0 Å². The van der Waals surface area contributed by atoms with Crippen molar-refractivity contribution in [1.29, 1.82) is 0 Å². The molecule has 11 heteroatoms. The molecule has 26 aromatic rings. The largest absolute Gasteiger partial charge is 0.247 e. The van der Waals surface area contributed by atoms with Crippen molar-refractivity contribution in [1.82, 2.24) is 39.9 Å². The summed E-state index contributed by atoms with van der Waals surface area (Å²) in [6, 6.07) is 153.